The van der Waals surface area contributed by atoms with Crippen molar-refractivity contribution >= 4 is 6.21 Å². The highest BCUT2D eigenvalue weighted by atomic mass is 16.5. The van der Waals surface area contributed by atoms with Crippen LogP contribution in [0.1, 0.15) is 19.3 Å². The summed E-state index contributed by atoms with van der Waals surface area (Å²) in [5, 5.41) is 8.85. The first kappa shape index (κ1) is 11.9. The summed E-state index contributed by atoms with van der Waals surface area (Å²) in [6, 6.07) is 0.795. The molecule has 3 atom stereocenters. The van der Waals surface area contributed by atoms with E-state index in [-0.39, 0.29) is 12.1 Å². The van der Waals surface area contributed by atoms with E-state index in [4.69, 9.17) is 9.84 Å². The first-order chi connectivity index (χ1) is 8.70. The second-order valence-electron chi connectivity index (χ2n) is 5.70. The number of rotatable bonds is 3. The number of aliphatic hydroxyl groups excluding tert-OH is 1. The summed E-state index contributed by atoms with van der Waals surface area (Å²) in [5.41, 5.74) is 0.0580. The van der Waals surface area contributed by atoms with Crippen LogP contribution in [-0.2, 0) is 4.74 Å². The average molecular weight is 249 g/mol. The summed E-state index contributed by atoms with van der Waals surface area (Å²) in [5.74, 6) is 0.791. The molecule has 0 amide bonds. The standard InChI is InChI=1S/C14H21N2O2/c1-16-6-2-3-12(16)9-14(16)4-5-15-11-13(10-14)18-8-7-17/h4-5,10-12,17H,2-3,6-9H2,1H3/q+1. The lowest BCUT2D eigenvalue weighted by Crippen LogP contribution is -2.73. The zero-order valence-corrected chi connectivity index (χ0v) is 10.9. The monoisotopic (exact) mass is 249 g/mol. The fourth-order valence-electron chi connectivity index (χ4n) is 3.76. The van der Waals surface area contributed by atoms with Gasteiger partial charge in [-0.25, -0.2) is 0 Å². The summed E-state index contributed by atoms with van der Waals surface area (Å²) >= 11 is 0. The van der Waals surface area contributed by atoms with Crippen LogP contribution in [-0.4, -0.2) is 54.2 Å². The van der Waals surface area contributed by atoms with Crippen molar-refractivity contribution in [2.45, 2.75) is 30.8 Å². The van der Waals surface area contributed by atoms with Crippen molar-refractivity contribution in [3.63, 3.8) is 0 Å². The molecule has 0 aliphatic carbocycles. The van der Waals surface area contributed by atoms with Crippen molar-refractivity contribution in [1.29, 1.82) is 0 Å². The molecule has 3 aliphatic rings. The quantitative estimate of drug-likeness (QED) is 0.764. The predicted octanol–water partition coefficient (Wildman–Crippen LogP) is 1.23. The minimum absolute atomic E-state index is 0.0420. The highest BCUT2D eigenvalue weighted by Crippen LogP contribution is 2.52. The predicted molar refractivity (Wildman–Crippen MR) is 70.2 cm³/mol. The third-order valence-corrected chi connectivity index (χ3v) is 4.88. The number of hydrogen-bond donors (Lipinski definition) is 1. The lowest BCUT2D eigenvalue weighted by Gasteiger charge is -2.59. The van der Waals surface area contributed by atoms with Crippen LogP contribution < -0.4 is 0 Å². The zero-order valence-electron chi connectivity index (χ0n) is 10.9. The van der Waals surface area contributed by atoms with Crippen LogP contribution in [0, 0.1) is 0 Å². The average Bonchev–Trinajstić information content (AvgIpc) is 2.57. The molecule has 0 aromatic heterocycles. The molecule has 4 heteroatoms. The minimum atomic E-state index is 0.0420. The summed E-state index contributed by atoms with van der Waals surface area (Å²) in [4.78, 5) is 4.24. The molecule has 0 aromatic carbocycles. The Morgan fingerprint density at radius 1 is 1.61 bits per heavy atom. The molecule has 0 radical (unpaired) electrons. The Morgan fingerprint density at radius 2 is 2.50 bits per heavy atom. The fourth-order valence-corrected chi connectivity index (χ4v) is 3.76. The van der Waals surface area contributed by atoms with Gasteiger partial charge in [0.1, 0.15) is 17.9 Å². The number of allylic oxidation sites excluding steroid dienone is 1. The van der Waals surface area contributed by atoms with E-state index < -0.39 is 0 Å². The minimum Gasteiger partial charge on any atom is -0.490 e. The Morgan fingerprint density at radius 3 is 3.28 bits per heavy atom. The van der Waals surface area contributed by atoms with Crippen molar-refractivity contribution in [2.75, 3.05) is 26.8 Å². The van der Waals surface area contributed by atoms with Crippen molar-refractivity contribution < 1.29 is 14.3 Å². The molecule has 2 saturated heterocycles. The summed E-state index contributed by atoms with van der Waals surface area (Å²) in [7, 11) is 2.34. The van der Waals surface area contributed by atoms with Gasteiger partial charge in [-0.3, -0.25) is 4.99 Å². The Bertz CT molecular complexity index is 430. The Hall–Kier alpha value is -1.13. The van der Waals surface area contributed by atoms with Crippen LogP contribution in [0.15, 0.2) is 29.1 Å². The van der Waals surface area contributed by atoms with Gasteiger partial charge in [-0.2, -0.15) is 0 Å². The highest BCUT2D eigenvalue weighted by molar-refractivity contribution is 5.77. The number of aliphatic imine (C=N–C) groups is 1. The molecule has 18 heavy (non-hydrogen) atoms. The summed E-state index contributed by atoms with van der Waals surface area (Å²) in [6.07, 6.45) is 11.9. The maximum atomic E-state index is 8.85. The van der Waals surface area contributed by atoms with Gasteiger partial charge in [-0.1, -0.05) is 0 Å². The van der Waals surface area contributed by atoms with Crippen LogP contribution in [0.3, 0.4) is 0 Å². The molecule has 0 aromatic rings. The molecule has 0 bridgehead atoms. The molecule has 2 fully saturated rings. The van der Waals surface area contributed by atoms with Gasteiger partial charge in [-0.05, 0) is 6.08 Å². The third kappa shape index (κ3) is 1.56. The maximum absolute atomic E-state index is 8.85. The second-order valence-corrected chi connectivity index (χ2v) is 5.70. The molecule has 3 heterocycles. The molecule has 3 unspecified atom stereocenters. The molecular formula is C14H21N2O2+. The van der Waals surface area contributed by atoms with Crippen LogP contribution in [0.5, 0.6) is 0 Å². The van der Waals surface area contributed by atoms with Gasteiger partial charge in [-0.15, -0.1) is 0 Å². The number of nitrogens with zero attached hydrogens (tertiary/aromatic N) is 2. The van der Waals surface area contributed by atoms with E-state index in [0.29, 0.717) is 6.61 Å². The van der Waals surface area contributed by atoms with E-state index in [1.54, 1.807) is 6.21 Å². The summed E-state index contributed by atoms with van der Waals surface area (Å²) in [6.45, 7) is 1.61. The van der Waals surface area contributed by atoms with Gasteiger partial charge in [0.2, 0.25) is 0 Å². The van der Waals surface area contributed by atoms with Crippen molar-refractivity contribution in [3.8, 4) is 0 Å². The van der Waals surface area contributed by atoms with Gasteiger partial charge in [0.05, 0.1) is 38.9 Å². The molecule has 3 rings (SSSR count). The molecule has 1 spiro atoms. The van der Waals surface area contributed by atoms with E-state index in [9.17, 15) is 0 Å². The van der Waals surface area contributed by atoms with Crippen molar-refractivity contribution in [1.82, 2.24) is 0 Å². The van der Waals surface area contributed by atoms with Gasteiger partial charge in [0.15, 0.2) is 0 Å². The Labute approximate surface area is 108 Å². The lowest BCUT2D eigenvalue weighted by molar-refractivity contribution is -0.999. The Balaban J connectivity index is 1.87. The summed E-state index contributed by atoms with van der Waals surface area (Å²) < 4.78 is 6.64. The SMILES string of the molecule is C[N+]12CCCC1CC21C=CN=CC(OCCO)=C1. The van der Waals surface area contributed by atoms with Gasteiger partial charge in [0.25, 0.3) is 0 Å². The Kier molecular flexibility index (Phi) is 2.79. The fraction of sp³-hybridized carbons (Fsp3) is 0.643. The van der Waals surface area contributed by atoms with E-state index in [2.05, 4.69) is 24.2 Å². The first-order valence-electron chi connectivity index (χ1n) is 6.73. The maximum Gasteiger partial charge on any atom is 0.148 e. The topological polar surface area (TPSA) is 41.8 Å². The number of aliphatic hydroxyl groups is 1. The number of fused-ring (bicyclic) bond motifs is 2. The second kappa shape index (κ2) is 4.21. The molecule has 1 N–H and O–H groups in total. The number of hydrogen-bond acceptors (Lipinski definition) is 3. The normalized spacial score (nSPS) is 41.2. The molecule has 98 valence electrons. The van der Waals surface area contributed by atoms with Gasteiger partial charge in [0, 0.05) is 25.1 Å². The molecule has 3 aliphatic heterocycles. The molecule has 4 nitrogen and oxygen atoms in total. The van der Waals surface area contributed by atoms with Crippen LogP contribution in [0.2, 0.25) is 0 Å². The van der Waals surface area contributed by atoms with E-state index in [0.717, 1.165) is 16.3 Å². The molecular weight excluding hydrogens is 228 g/mol. The third-order valence-electron chi connectivity index (χ3n) is 4.88. The lowest BCUT2D eigenvalue weighted by atomic mass is 9.75. The zero-order chi connectivity index (χ0) is 12.6. The molecule has 0 saturated carbocycles. The first-order valence-corrected chi connectivity index (χ1v) is 6.73. The number of ether oxygens (including phenoxy) is 1. The van der Waals surface area contributed by atoms with Crippen molar-refractivity contribution in [3.05, 3.63) is 24.1 Å². The van der Waals surface area contributed by atoms with E-state index >= 15 is 0 Å². The van der Waals surface area contributed by atoms with Gasteiger partial charge >= 0.3 is 0 Å². The van der Waals surface area contributed by atoms with Gasteiger partial charge < -0.3 is 14.3 Å². The van der Waals surface area contributed by atoms with Crippen LogP contribution in [0.25, 0.3) is 0 Å². The van der Waals surface area contributed by atoms with Crippen LogP contribution >= 0.6 is 0 Å². The van der Waals surface area contributed by atoms with E-state index in [1.165, 1.54) is 25.8 Å². The number of likely N-dealkylation sites (N-methyl/N-ethyl adjacent to an activating group) is 1. The van der Waals surface area contributed by atoms with Crippen LogP contribution in [0.4, 0.5) is 0 Å². The smallest absolute Gasteiger partial charge is 0.148 e. The van der Waals surface area contributed by atoms with E-state index in [1.807, 2.05) is 6.20 Å². The largest absolute Gasteiger partial charge is 0.490 e. The number of quaternary nitrogens is 1. The van der Waals surface area contributed by atoms with Crippen molar-refractivity contribution in [2.24, 2.45) is 4.99 Å². The highest BCUT2D eigenvalue weighted by Gasteiger charge is 2.63.